The van der Waals surface area contributed by atoms with Crippen molar-refractivity contribution >= 4 is 11.6 Å². The molecule has 0 aliphatic rings. The first-order chi connectivity index (χ1) is 8.74. The number of hydrogen-bond donors (Lipinski definition) is 0. The van der Waals surface area contributed by atoms with Crippen LogP contribution in [-0.2, 0) is 17.8 Å². The van der Waals surface area contributed by atoms with E-state index in [0.717, 1.165) is 10.9 Å². The molecule has 0 atom stereocenters. The van der Waals surface area contributed by atoms with Gasteiger partial charge in [-0.3, -0.25) is 4.79 Å². The zero-order valence-electron chi connectivity index (χ0n) is 10.1. The van der Waals surface area contributed by atoms with Crippen LogP contribution in [0.25, 0.3) is 0 Å². The quantitative estimate of drug-likeness (QED) is 0.591. The van der Waals surface area contributed by atoms with Crippen LogP contribution in [0, 0.1) is 10.1 Å². The maximum Gasteiger partial charge on any atom is 0.389 e. The summed E-state index contributed by atoms with van der Waals surface area (Å²) in [5, 5.41) is 10.8. The number of rotatable bonds is 6. The van der Waals surface area contributed by atoms with E-state index in [2.05, 4.69) is 4.98 Å². The van der Waals surface area contributed by atoms with Crippen LogP contribution in [0.2, 0.25) is 0 Å². The Morgan fingerprint density at radius 2 is 2.16 bits per heavy atom. The predicted molar refractivity (Wildman–Crippen MR) is 58.6 cm³/mol. The van der Waals surface area contributed by atoms with Gasteiger partial charge in [0.25, 0.3) is 0 Å². The van der Waals surface area contributed by atoms with Crippen molar-refractivity contribution < 1.29 is 22.9 Å². The number of carbonyl (C=O) groups excluding carboxylic acids is 1. The maximum absolute atomic E-state index is 11.9. The highest BCUT2D eigenvalue weighted by Gasteiger charge is 2.29. The highest BCUT2D eigenvalue weighted by Crippen LogP contribution is 2.22. The number of imidazole rings is 1. The highest BCUT2D eigenvalue weighted by molar-refractivity contribution is 5.78. The average Bonchev–Trinajstić information content (AvgIpc) is 2.68. The van der Waals surface area contributed by atoms with Crippen LogP contribution in [0.5, 0.6) is 0 Å². The molecule has 0 saturated carbocycles. The van der Waals surface area contributed by atoms with Crippen molar-refractivity contribution in [3.63, 3.8) is 0 Å². The largest absolute Gasteiger partial charge is 0.389 e. The zero-order valence-corrected chi connectivity index (χ0v) is 10.1. The van der Waals surface area contributed by atoms with Crippen LogP contribution in [0.4, 0.5) is 19.0 Å². The minimum absolute atomic E-state index is 0.202. The van der Waals surface area contributed by atoms with Gasteiger partial charge in [0, 0.05) is 6.42 Å². The van der Waals surface area contributed by atoms with Crippen LogP contribution in [-0.4, -0.2) is 26.4 Å². The lowest BCUT2D eigenvalue weighted by atomic mass is 10.2. The van der Waals surface area contributed by atoms with E-state index in [1.54, 1.807) is 6.92 Å². The molecule has 0 N–H and O–H groups in total. The standard InChI is InChI=1S/C10H12F3N3O3/c1-2-8-9(16(18)19)15(6-14-8)5-7(17)3-4-10(11,12)13/h6H,2-5H2,1H3. The summed E-state index contributed by atoms with van der Waals surface area (Å²) in [5.74, 6) is -1.07. The molecule has 0 amide bonds. The third kappa shape index (κ3) is 4.34. The normalized spacial score (nSPS) is 11.6. The van der Waals surface area contributed by atoms with Crippen LogP contribution in [0.1, 0.15) is 25.5 Å². The van der Waals surface area contributed by atoms with E-state index in [1.807, 2.05) is 0 Å². The minimum Gasteiger partial charge on any atom is -0.358 e. The second-order valence-electron chi connectivity index (χ2n) is 3.91. The molecule has 0 aliphatic carbocycles. The Morgan fingerprint density at radius 3 is 2.63 bits per heavy atom. The number of nitro groups is 1. The molecule has 0 aromatic carbocycles. The van der Waals surface area contributed by atoms with Gasteiger partial charge in [-0.1, -0.05) is 6.92 Å². The molecular formula is C10H12F3N3O3. The smallest absolute Gasteiger partial charge is 0.358 e. The van der Waals surface area contributed by atoms with Gasteiger partial charge in [-0.05, 0) is 11.3 Å². The number of aromatic nitrogens is 2. The summed E-state index contributed by atoms with van der Waals surface area (Å²) >= 11 is 0. The lowest BCUT2D eigenvalue weighted by Gasteiger charge is -2.05. The molecular weight excluding hydrogens is 267 g/mol. The molecule has 0 fully saturated rings. The van der Waals surface area contributed by atoms with Crippen LogP contribution in [0.15, 0.2) is 6.33 Å². The Bertz CT molecular complexity index is 482. The summed E-state index contributed by atoms with van der Waals surface area (Å²) in [6.45, 7) is 1.19. The molecule has 9 heteroatoms. The topological polar surface area (TPSA) is 78.0 Å². The molecule has 1 heterocycles. The molecule has 1 aromatic rings. The van der Waals surface area contributed by atoms with E-state index in [0.29, 0.717) is 6.42 Å². The summed E-state index contributed by atoms with van der Waals surface area (Å²) in [5.41, 5.74) is 0.202. The number of alkyl halides is 3. The highest BCUT2D eigenvalue weighted by atomic mass is 19.4. The monoisotopic (exact) mass is 279 g/mol. The van der Waals surface area contributed by atoms with Crippen LogP contribution in [0.3, 0.4) is 0 Å². The Labute approximate surface area is 106 Å². The van der Waals surface area contributed by atoms with Gasteiger partial charge in [0.05, 0.1) is 6.42 Å². The average molecular weight is 279 g/mol. The molecule has 0 spiro atoms. The van der Waals surface area contributed by atoms with E-state index in [-0.39, 0.29) is 11.5 Å². The molecule has 106 valence electrons. The molecule has 0 radical (unpaired) electrons. The second kappa shape index (κ2) is 5.81. The van der Waals surface area contributed by atoms with Gasteiger partial charge in [0.15, 0.2) is 18.7 Å². The SMILES string of the molecule is CCc1ncn(CC(=O)CCC(F)(F)F)c1[N+](=O)[O-]. The fourth-order valence-corrected chi connectivity index (χ4v) is 1.54. The molecule has 19 heavy (non-hydrogen) atoms. The van der Waals surface area contributed by atoms with E-state index in [4.69, 9.17) is 0 Å². The zero-order chi connectivity index (χ0) is 14.6. The third-order valence-electron chi connectivity index (χ3n) is 2.42. The van der Waals surface area contributed by atoms with Gasteiger partial charge in [0.2, 0.25) is 0 Å². The van der Waals surface area contributed by atoms with Gasteiger partial charge in [-0.2, -0.15) is 13.2 Å². The molecule has 0 bridgehead atoms. The predicted octanol–water partition coefficient (Wildman–Crippen LogP) is 2.27. The van der Waals surface area contributed by atoms with Crippen LogP contribution >= 0.6 is 0 Å². The summed E-state index contributed by atoms with van der Waals surface area (Å²) in [6, 6.07) is 0. The fraction of sp³-hybridized carbons (Fsp3) is 0.600. The number of carbonyl (C=O) groups is 1. The van der Waals surface area contributed by atoms with Gasteiger partial charge in [-0.25, -0.2) is 9.55 Å². The molecule has 0 aliphatic heterocycles. The molecule has 0 saturated heterocycles. The van der Waals surface area contributed by atoms with Crippen molar-refractivity contribution in [1.82, 2.24) is 9.55 Å². The van der Waals surface area contributed by atoms with Crippen molar-refractivity contribution in [1.29, 1.82) is 0 Å². The fourth-order valence-electron chi connectivity index (χ4n) is 1.54. The molecule has 0 unspecified atom stereocenters. The summed E-state index contributed by atoms with van der Waals surface area (Å²) in [7, 11) is 0. The van der Waals surface area contributed by atoms with Gasteiger partial charge >= 0.3 is 12.0 Å². The number of nitrogens with zero attached hydrogens (tertiary/aromatic N) is 3. The number of aryl methyl sites for hydroxylation is 1. The van der Waals surface area contributed by atoms with Crippen LogP contribution < -0.4 is 0 Å². The molecule has 6 nitrogen and oxygen atoms in total. The van der Waals surface area contributed by atoms with E-state index in [9.17, 15) is 28.1 Å². The van der Waals surface area contributed by atoms with Gasteiger partial charge in [-0.15, -0.1) is 0 Å². The van der Waals surface area contributed by atoms with Crippen molar-refractivity contribution in [2.75, 3.05) is 0 Å². The minimum atomic E-state index is -4.41. The number of halogens is 3. The van der Waals surface area contributed by atoms with E-state index >= 15 is 0 Å². The first-order valence-corrected chi connectivity index (χ1v) is 5.51. The lowest BCUT2D eigenvalue weighted by molar-refractivity contribution is -0.392. The summed E-state index contributed by atoms with van der Waals surface area (Å²) < 4.78 is 36.8. The Balaban J connectivity index is 2.75. The molecule has 1 rings (SSSR count). The first kappa shape index (κ1) is 15.1. The Kier molecular flexibility index (Phi) is 4.62. The Hall–Kier alpha value is -1.93. The summed E-state index contributed by atoms with van der Waals surface area (Å²) in [6.07, 6.45) is -4.93. The van der Waals surface area contributed by atoms with Crippen molar-refractivity contribution in [3.8, 4) is 0 Å². The second-order valence-corrected chi connectivity index (χ2v) is 3.91. The summed E-state index contributed by atoms with van der Waals surface area (Å²) in [4.78, 5) is 25.2. The third-order valence-corrected chi connectivity index (χ3v) is 2.42. The lowest BCUT2D eigenvalue weighted by Crippen LogP contribution is -2.15. The van der Waals surface area contributed by atoms with E-state index in [1.165, 1.54) is 0 Å². The number of Topliss-reactive ketones (excluding diaryl/α,β-unsaturated/α-hetero) is 1. The van der Waals surface area contributed by atoms with Gasteiger partial charge < -0.3 is 10.1 Å². The van der Waals surface area contributed by atoms with Crippen molar-refractivity contribution in [2.24, 2.45) is 0 Å². The maximum atomic E-state index is 11.9. The Morgan fingerprint density at radius 1 is 1.53 bits per heavy atom. The number of ketones is 1. The van der Waals surface area contributed by atoms with Crippen molar-refractivity contribution in [2.45, 2.75) is 38.9 Å². The molecule has 1 aromatic heterocycles. The number of hydrogen-bond acceptors (Lipinski definition) is 4. The van der Waals surface area contributed by atoms with Gasteiger partial charge in [0.1, 0.15) is 5.69 Å². The first-order valence-electron chi connectivity index (χ1n) is 5.51. The van der Waals surface area contributed by atoms with E-state index < -0.39 is 36.3 Å². The van der Waals surface area contributed by atoms with Crippen molar-refractivity contribution in [3.05, 3.63) is 22.1 Å².